The molecular formula is C20H23ClN4O3S. The van der Waals surface area contributed by atoms with E-state index in [9.17, 15) is 9.59 Å². The summed E-state index contributed by atoms with van der Waals surface area (Å²) in [7, 11) is 0. The van der Waals surface area contributed by atoms with Gasteiger partial charge >= 0.3 is 6.03 Å². The van der Waals surface area contributed by atoms with Gasteiger partial charge in [0, 0.05) is 48.7 Å². The summed E-state index contributed by atoms with van der Waals surface area (Å²) in [5.74, 6) is -0.0828. The van der Waals surface area contributed by atoms with Gasteiger partial charge in [-0.3, -0.25) is 9.69 Å². The fourth-order valence-corrected chi connectivity index (χ4v) is 4.84. The van der Waals surface area contributed by atoms with Crippen LogP contribution in [0.4, 0.5) is 9.93 Å². The van der Waals surface area contributed by atoms with Crippen LogP contribution in [-0.4, -0.2) is 49.8 Å². The minimum absolute atomic E-state index is 0.0828. The molecule has 3 heterocycles. The molecule has 2 aliphatic rings. The van der Waals surface area contributed by atoms with E-state index in [4.69, 9.17) is 16.3 Å². The standard InChI is InChI=1S/C20H23ClN4O3S/c21-15-3-1-2-14(10-15)20(4-8-28-9-5-20)13-23-17(26)11-16-12-29-19(24-16)25-7-6-22-18(25)27/h1-3,10,12H,4-9,11,13H2,(H,22,27)(H,23,26). The summed E-state index contributed by atoms with van der Waals surface area (Å²) in [4.78, 5) is 30.4. The molecule has 0 atom stereocenters. The van der Waals surface area contributed by atoms with Gasteiger partial charge in [0.2, 0.25) is 5.91 Å². The van der Waals surface area contributed by atoms with Crippen molar-refractivity contribution >= 4 is 40.0 Å². The molecule has 0 unspecified atom stereocenters. The van der Waals surface area contributed by atoms with Crippen LogP contribution in [0.25, 0.3) is 0 Å². The molecule has 9 heteroatoms. The van der Waals surface area contributed by atoms with Crippen molar-refractivity contribution in [2.24, 2.45) is 0 Å². The van der Waals surface area contributed by atoms with E-state index in [-0.39, 0.29) is 23.8 Å². The number of anilines is 1. The average Bonchev–Trinajstić information content (AvgIpc) is 3.36. The lowest BCUT2D eigenvalue weighted by Gasteiger charge is -2.38. The Hall–Kier alpha value is -2.16. The highest BCUT2D eigenvalue weighted by Gasteiger charge is 2.35. The number of benzene rings is 1. The van der Waals surface area contributed by atoms with Crippen molar-refractivity contribution < 1.29 is 14.3 Å². The van der Waals surface area contributed by atoms with Gasteiger partial charge < -0.3 is 15.4 Å². The Balaban J connectivity index is 1.40. The molecule has 0 saturated carbocycles. The van der Waals surface area contributed by atoms with Gasteiger partial charge in [0.25, 0.3) is 0 Å². The molecular weight excluding hydrogens is 412 g/mol. The first-order chi connectivity index (χ1) is 14.1. The van der Waals surface area contributed by atoms with Crippen LogP contribution < -0.4 is 15.5 Å². The number of ether oxygens (including phenoxy) is 1. The Kier molecular flexibility index (Phi) is 6.03. The number of halogens is 1. The molecule has 3 amide bonds. The molecule has 0 spiro atoms. The first-order valence-electron chi connectivity index (χ1n) is 9.66. The minimum atomic E-state index is -0.181. The number of nitrogens with one attached hydrogen (secondary N) is 2. The number of amides is 3. The second-order valence-corrected chi connectivity index (χ2v) is 8.63. The molecule has 154 valence electrons. The summed E-state index contributed by atoms with van der Waals surface area (Å²) in [5.41, 5.74) is 1.62. The van der Waals surface area contributed by atoms with Crippen LogP contribution in [0.15, 0.2) is 29.6 Å². The summed E-state index contributed by atoms with van der Waals surface area (Å²) < 4.78 is 5.55. The van der Waals surface area contributed by atoms with Gasteiger partial charge in [-0.15, -0.1) is 11.3 Å². The number of carbonyl (C=O) groups excluding carboxylic acids is 2. The highest BCUT2D eigenvalue weighted by Crippen LogP contribution is 2.35. The Morgan fingerprint density at radius 2 is 2.21 bits per heavy atom. The van der Waals surface area contributed by atoms with Crippen molar-refractivity contribution in [3.05, 3.63) is 45.9 Å². The van der Waals surface area contributed by atoms with E-state index in [0.29, 0.717) is 48.7 Å². The van der Waals surface area contributed by atoms with E-state index >= 15 is 0 Å². The lowest BCUT2D eigenvalue weighted by molar-refractivity contribution is -0.121. The normalized spacial score (nSPS) is 18.5. The molecule has 0 aliphatic carbocycles. The van der Waals surface area contributed by atoms with Gasteiger partial charge in [-0.1, -0.05) is 23.7 Å². The number of rotatable bonds is 6. The zero-order valence-corrected chi connectivity index (χ0v) is 17.5. The summed E-state index contributed by atoms with van der Waals surface area (Å²) in [6, 6.07) is 7.71. The van der Waals surface area contributed by atoms with E-state index in [0.717, 1.165) is 18.4 Å². The molecule has 1 aromatic heterocycles. The van der Waals surface area contributed by atoms with E-state index in [1.54, 1.807) is 4.90 Å². The fourth-order valence-electron chi connectivity index (χ4n) is 3.80. The van der Waals surface area contributed by atoms with Gasteiger partial charge in [0.1, 0.15) is 0 Å². The summed E-state index contributed by atoms with van der Waals surface area (Å²) in [5, 5.41) is 8.99. The largest absolute Gasteiger partial charge is 0.381 e. The summed E-state index contributed by atoms with van der Waals surface area (Å²) in [6.45, 7) is 3.07. The fraction of sp³-hybridized carbons (Fsp3) is 0.450. The van der Waals surface area contributed by atoms with Crippen LogP contribution in [0.2, 0.25) is 5.02 Å². The topological polar surface area (TPSA) is 83.6 Å². The second-order valence-electron chi connectivity index (χ2n) is 7.36. The molecule has 0 bridgehead atoms. The Morgan fingerprint density at radius 1 is 1.38 bits per heavy atom. The number of thiazole rings is 1. The lowest BCUT2D eigenvalue weighted by Crippen LogP contribution is -2.45. The third kappa shape index (κ3) is 4.55. The first-order valence-corrected chi connectivity index (χ1v) is 10.9. The Morgan fingerprint density at radius 3 is 2.93 bits per heavy atom. The lowest BCUT2D eigenvalue weighted by atomic mass is 9.74. The van der Waals surface area contributed by atoms with E-state index < -0.39 is 0 Å². The molecule has 2 saturated heterocycles. The zero-order chi connectivity index (χ0) is 20.3. The SMILES string of the molecule is O=C(Cc1csc(N2CCNC2=O)n1)NCC1(c2cccc(Cl)c2)CCOCC1. The molecule has 29 heavy (non-hydrogen) atoms. The van der Waals surface area contributed by atoms with Gasteiger partial charge in [-0.2, -0.15) is 0 Å². The second kappa shape index (κ2) is 8.69. The number of hydrogen-bond donors (Lipinski definition) is 2. The maximum atomic E-state index is 12.6. The minimum Gasteiger partial charge on any atom is -0.381 e. The number of carbonyl (C=O) groups is 2. The van der Waals surface area contributed by atoms with Crippen molar-refractivity contribution in [2.75, 3.05) is 37.7 Å². The molecule has 2 aromatic rings. The number of aromatic nitrogens is 1. The number of hydrogen-bond acceptors (Lipinski definition) is 5. The van der Waals surface area contributed by atoms with Gasteiger partial charge in [0.15, 0.2) is 5.13 Å². The molecule has 1 aromatic carbocycles. The van der Waals surface area contributed by atoms with Crippen LogP contribution in [0.5, 0.6) is 0 Å². The van der Waals surface area contributed by atoms with Crippen molar-refractivity contribution in [3.8, 4) is 0 Å². The summed E-state index contributed by atoms with van der Waals surface area (Å²) >= 11 is 7.58. The number of nitrogens with zero attached hydrogens (tertiary/aromatic N) is 2. The molecule has 0 radical (unpaired) electrons. The van der Waals surface area contributed by atoms with Crippen molar-refractivity contribution in [1.29, 1.82) is 0 Å². The van der Waals surface area contributed by atoms with Gasteiger partial charge in [-0.25, -0.2) is 9.78 Å². The first kappa shape index (κ1) is 20.1. The quantitative estimate of drug-likeness (QED) is 0.732. The smallest absolute Gasteiger partial charge is 0.323 e. The molecule has 4 rings (SSSR count). The maximum Gasteiger partial charge on any atom is 0.323 e. The van der Waals surface area contributed by atoms with Crippen LogP contribution in [0.3, 0.4) is 0 Å². The van der Waals surface area contributed by atoms with Crippen molar-refractivity contribution in [1.82, 2.24) is 15.6 Å². The zero-order valence-electron chi connectivity index (χ0n) is 15.9. The molecule has 2 aliphatic heterocycles. The average molecular weight is 435 g/mol. The predicted molar refractivity (Wildman–Crippen MR) is 113 cm³/mol. The number of urea groups is 1. The van der Waals surface area contributed by atoms with Crippen LogP contribution in [0.1, 0.15) is 24.1 Å². The van der Waals surface area contributed by atoms with Crippen LogP contribution in [-0.2, 0) is 21.4 Å². The van der Waals surface area contributed by atoms with Crippen molar-refractivity contribution in [2.45, 2.75) is 24.7 Å². The molecule has 2 N–H and O–H groups in total. The summed E-state index contributed by atoms with van der Waals surface area (Å²) in [6.07, 6.45) is 1.85. The van der Waals surface area contributed by atoms with Gasteiger partial charge in [-0.05, 0) is 30.5 Å². The maximum absolute atomic E-state index is 12.6. The van der Waals surface area contributed by atoms with E-state index in [1.165, 1.54) is 11.3 Å². The van der Waals surface area contributed by atoms with E-state index in [2.05, 4.69) is 21.7 Å². The molecule has 2 fully saturated rings. The monoisotopic (exact) mass is 434 g/mol. The highest BCUT2D eigenvalue weighted by atomic mass is 35.5. The van der Waals surface area contributed by atoms with Crippen molar-refractivity contribution in [3.63, 3.8) is 0 Å². The molecule has 7 nitrogen and oxygen atoms in total. The van der Waals surface area contributed by atoms with E-state index in [1.807, 2.05) is 23.6 Å². The third-order valence-electron chi connectivity index (χ3n) is 5.48. The predicted octanol–water partition coefficient (Wildman–Crippen LogP) is 2.73. The Bertz CT molecular complexity index is 897. The van der Waals surface area contributed by atoms with Crippen LogP contribution >= 0.6 is 22.9 Å². The third-order valence-corrected chi connectivity index (χ3v) is 6.63. The van der Waals surface area contributed by atoms with Gasteiger partial charge in [0.05, 0.1) is 12.1 Å². The highest BCUT2D eigenvalue weighted by molar-refractivity contribution is 7.14. The Labute approximate surface area is 178 Å². The van der Waals surface area contributed by atoms with Crippen LogP contribution in [0, 0.1) is 0 Å².